The maximum absolute atomic E-state index is 13.9. The molecule has 0 fully saturated rings. The molecular weight excluding hydrogens is 472 g/mol. The molecule has 0 saturated heterocycles. The number of nitrogens with one attached hydrogen (secondary N) is 1. The summed E-state index contributed by atoms with van der Waals surface area (Å²) >= 11 is 0. The van der Waals surface area contributed by atoms with E-state index in [4.69, 9.17) is 0 Å². The van der Waals surface area contributed by atoms with E-state index in [9.17, 15) is 18.0 Å². The Hall–Kier alpha value is -4.23. The third-order valence-corrected chi connectivity index (χ3v) is 7.50. The minimum atomic E-state index is -4.01. The van der Waals surface area contributed by atoms with Crippen LogP contribution in [0.4, 0.5) is 11.4 Å². The van der Waals surface area contributed by atoms with Gasteiger partial charge in [-0.05, 0) is 55.8 Å². The van der Waals surface area contributed by atoms with Crippen molar-refractivity contribution in [2.24, 2.45) is 0 Å². The highest BCUT2D eigenvalue weighted by atomic mass is 32.2. The number of carbonyl (C=O) groups is 2. The molecule has 0 bridgehead atoms. The van der Waals surface area contributed by atoms with Crippen LogP contribution < -0.4 is 9.62 Å². The molecule has 0 heterocycles. The van der Waals surface area contributed by atoms with Crippen molar-refractivity contribution in [2.45, 2.75) is 25.3 Å². The second kappa shape index (κ2) is 10.6. The third-order valence-electron chi connectivity index (χ3n) is 5.72. The number of rotatable bonds is 8. The summed E-state index contributed by atoms with van der Waals surface area (Å²) in [5.41, 5.74) is 3.07. The molecular formula is C29H26N2O4S. The van der Waals surface area contributed by atoms with E-state index in [1.807, 2.05) is 37.3 Å². The highest BCUT2D eigenvalue weighted by Crippen LogP contribution is 2.30. The van der Waals surface area contributed by atoms with Crippen LogP contribution in [0.2, 0.25) is 0 Å². The summed E-state index contributed by atoms with van der Waals surface area (Å²) in [5.74, 6) is -0.604. The van der Waals surface area contributed by atoms with Crippen molar-refractivity contribution in [3.8, 4) is 0 Å². The number of ketones is 1. The number of sulfonamides is 1. The topological polar surface area (TPSA) is 83.6 Å². The van der Waals surface area contributed by atoms with Gasteiger partial charge in [0.05, 0.1) is 22.7 Å². The van der Waals surface area contributed by atoms with Gasteiger partial charge in [0.2, 0.25) is 0 Å². The van der Waals surface area contributed by atoms with Crippen LogP contribution in [0.1, 0.15) is 38.8 Å². The summed E-state index contributed by atoms with van der Waals surface area (Å²) in [6, 6.07) is 29.1. The highest BCUT2D eigenvalue weighted by molar-refractivity contribution is 7.92. The summed E-state index contributed by atoms with van der Waals surface area (Å²) in [5, 5.41) is 2.80. The molecule has 0 aliphatic heterocycles. The first-order valence-corrected chi connectivity index (χ1v) is 12.8. The minimum Gasteiger partial charge on any atom is -0.322 e. The number of para-hydroxylation sites is 1. The molecule has 36 heavy (non-hydrogen) atoms. The zero-order valence-electron chi connectivity index (χ0n) is 20.0. The number of benzene rings is 4. The molecule has 0 saturated carbocycles. The van der Waals surface area contributed by atoms with Crippen LogP contribution >= 0.6 is 0 Å². The van der Waals surface area contributed by atoms with Crippen molar-refractivity contribution in [1.82, 2.24) is 0 Å². The van der Waals surface area contributed by atoms with Crippen molar-refractivity contribution in [3.63, 3.8) is 0 Å². The van der Waals surface area contributed by atoms with E-state index in [0.717, 1.165) is 11.1 Å². The number of hydrogen-bond acceptors (Lipinski definition) is 4. The number of carbonyl (C=O) groups excluding carboxylic acids is 2. The van der Waals surface area contributed by atoms with Crippen molar-refractivity contribution in [1.29, 1.82) is 0 Å². The van der Waals surface area contributed by atoms with Gasteiger partial charge in [-0.15, -0.1) is 0 Å². The zero-order chi connectivity index (χ0) is 25.7. The van der Waals surface area contributed by atoms with E-state index in [1.54, 1.807) is 72.8 Å². The Balaban J connectivity index is 1.77. The lowest BCUT2D eigenvalue weighted by Crippen LogP contribution is -2.32. The van der Waals surface area contributed by atoms with E-state index < -0.39 is 15.9 Å². The molecule has 6 nitrogen and oxygen atoms in total. The lowest BCUT2D eigenvalue weighted by atomic mass is 10.1. The molecule has 0 aromatic heterocycles. The monoisotopic (exact) mass is 498 g/mol. The molecule has 0 aliphatic carbocycles. The van der Waals surface area contributed by atoms with Crippen LogP contribution in [0.3, 0.4) is 0 Å². The number of nitrogens with zero attached hydrogens (tertiary/aromatic N) is 1. The van der Waals surface area contributed by atoms with E-state index in [2.05, 4.69) is 5.32 Å². The van der Waals surface area contributed by atoms with E-state index in [-0.39, 0.29) is 28.5 Å². The molecule has 0 radical (unpaired) electrons. The molecule has 4 aromatic rings. The highest BCUT2D eigenvalue weighted by Gasteiger charge is 2.28. The van der Waals surface area contributed by atoms with Gasteiger partial charge in [0.1, 0.15) is 0 Å². The van der Waals surface area contributed by atoms with E-state index in [0.29, 0.717) is 11.3 Å². The lowest BCUT2D eigenvalue weighted by Gasteiger charge is -2.26. The summed E-state index contributed by atoms with van der Waals surface area (Å²) in [6.07, 6.45) is 0. The maximum atomic E-state index is 13.9. The van der Waals surface area contributed by atoms with Gasteiger partial charge < -0.3 is 5.32 Å². The fourth-order valence-electron chi connectivity index (χ4n) is 3.78. The van der Waals surface area contributed by atoms with Gasteiger partial charge in [-0.2, -0.15) is 0 Å². The van der Waals surface area contributed by atoms with Crippen LogP contribution in [0.5, 0.6) is 0 Å². The van der Waals surface area contributed by atoms with Crippen LogP contribution in [-0.2, 0) is 16.6 Å². The fourth-order valence-corrected chi connectivity index (χ4v) is 5.26. The summed E-state index contributed by atoms with van der Waals surface area (Å²) in [4.78, 5) is 25.2. The Morgan fingerprint density at radius 3 is 2.17 bits per heavy atom. The third kappa shape index (κ3) is 5.53. The first-order valence-electron chi connectivity index (χ1n) is 11.4. The number of Topliss-reactive ketones (excluding diaryl/α,β-unsaturated/α-hetero) is 1. The molecule has 0 unspecified atom stereocenters. The molecule has 0 atom stereocenters. The molecule has 7 heteroatoms. The SMILES string of the molecule is CC(=O)c1cccc(NC(=O)c2ccccc2N(Cc2ccccc2)S(=O)(=O)c2ccc(C)cc2)c1. The zero-order valence-corrected chi connectivity index (χ0v) is 20.8. The molecule has 1 N–H and O–H groups in total. The minimum absolute atomic E-state index is 0.0428. The molecule has 1 amide bonds. The predicted octanol–water partition coefficient (Wildman–Crippen LogP) is 5.85. The number of anilines is 2. The second-order valence-electron chi connectivity index (χ2n) is 8.42. The Labute approximate surface area is 211 Å². The van der Waals surface area contributed by atoms with Crippen molar-refractivity contribution in [3.05, 3.63) is 125 Å². The fraction of sp³-hybridized carbons (Fsp3) is 0.103. The maximum Gasteiger partial charge on any atom is 0.264 e. The van der Waals surface area contributed by atoms with Gasteiger partial charge in [0.25, 0.3) is 15.9 Å². The van der Waals surface area contributed by atoms with Gasteiger partial charge in [-0.25, -0.2) is 8.42 Å². The molecule has 4 aromatic carbocycles. The molecule has 182 valence electrons. The number of hydrogen-bond donors (Lipinski definition) is 1. The summed E-state index contributed by atoms with van der Waals surface area (Å²) in [6.45, 7) is 3.38. The second-order valence-corrected chi connectivity index (χ2v) is 10.3. The van der Waals surface area contributed by atoms with Crippen molar-refractivity contribution in [2.75, 3.05) is 9.62 Å². The normalized spacial score (nSPS) is 11.1. The summed E-state index contributed by atoms with van der Waals surface area (Å²) in [7, 11) is -4.01. The number of amides is 1. The average molecular weight is 499 g/mol. The standard InChI is InChI=1S/C29H26N2O4S/c1-21-15-17-26(18-16-21)36(34,35)31(20-23-9-4-3-5-10-23)28-14-7-6-13-27(28)29(33)30-25-12-8-11-24(19-25)22(2)32/h3-19H,20H2,1-2H3,(H,30,33). The quantitative estimate of drug-likeness (QED) is 0.309. The first kappa shape index (κ1) is 24.9. The van der Waals surface area contributed by atoms with Crippen LogP contribution in [0.15, 0.2) is 108 Å². The Morgan fingerprint density at radius 2 is 1.47 bits per heavy atom. The first-order chi connectivity index (χ1) is 17.3. The Morgan fingerprint density at radius 1 is 0.806 bits per heavy atom. The van der Waals surface area contributed by atoms with Crippen molar-refractivity contribution >= 4 is 33.1 Å². The lowest BCUT2D eigenvalue weighted by molar-refractivity contribution is 0.101. The van der Waals surface area contributed by atoms with Crippen LogP contribution in [-0.4, -0.2) is 20.1 Å². The van der Waals surface area contributed by atoms with E-state index in [1.165, 1.54) is 11.2 Å². The molecule has 0 spiro atoms. The largest absolute Gasteiger partial charge is 0.322 e. The van der Waals surface area contributed by atoms with Gasteiger partial charge in [-0.1, -0.05) is 72.3 Å². The van der Waals surface area contributed by atoms with Crippen molar-refractivity contribution < 1.29 is 18.0 Å². The smallest absolute Gasteiger partial charge is 0.264 e. The van der Waals surface area contributed by atoms with Crippen LogP contribution in [0, 0.1) is 6.92 Å². The molecule has 4 rings (SSSR count). The van der Waals surface area contributed by atoms with Crippen LogP contribution in [0.25, 0.3) is 0 Å². The van der Waals surface area contributed by atoms with E-state index >= 15 is 0 Å². The van der Waals surface area contributed by atoms with Gasteiger partial charge in [-0.3, -0.25) is 13.9 Å². The van der Waals surface area contributed by atoms with Gasteiger partial charge in [0.15, 0.2) is 5.78 Å². The summed E-state index contributed by atoms with van der Waals surface area (Å²) < 4.78 is 29.0. The number of aryl methyl sites for hydroxylation is 1. The Bertz CT molecular complexity index is 1500. The van der Waals surface area contributed by atoms with Gasteiger partial charge >= 0.3 is 0 Å². The average Bonchev–Trinajstić information content (AvgIpc) is 2.88. The van der Waals surface area contributed by atoms with Gasteiger partial charge in [0, 0.05) is 11.3 Å². The predicted molar refractivity (Wildman–Crippen MR) is 142 cm³/mol. The molecule has 0 aliphatic rings. The Kier molecular flexibility index (Phi) is 7.31.